The quantitative estimate of drug-likeness (QED) is 0.604. The van der Waals surface area contributed by atoms with Gasteiger partial charge in [0.05, 0.1) is 0 Å². The van der Waals surface area contributed by atoms with Gasteiger partial charge in [0.1, 0.15) is 0 Å². The van der Waals surface area contributed by atoms with Crippen LogP contribution in [0.2, 0.25) is 0 Å². The number of benzene rings is 1. The average molecular weight is 232 g/mol. The molecule has 0 saturated heterocycles. The molecule has 0 atom stereocenters. The first-order chi connectivity index (χ1) is 8.34. The fourth-order valence-corrected chi connectivity index (χ4v) is 2.65. The standard InChI is InChI=1S/C15H24N2/c16-14-8-4-6-13(12-14)7-5-11-17-15-9-2-1-3-10-15/h4,6,8,12,15,17H,1-3,5,7,9-11,16H2. The second-order valence-corrected chi connectivity index (χ2v) is 5.14. The molecule has 0 unspecified atom stereocenters. The molecule has 1 fully saturated rings. The molecule has 1 saturated carbocycles. The maximum Gasteiger partial charge on any atom is 0.0316 e. The molecule has 1 aliphatic carbocycles. The molecular weight excluding hydrogens is 208 g/mol. The molecule has 17 heavy (non-hydrogen) atoms. The molecule has 1 aromatic carbocycles. The number of nitrogens with one attached hydrogen (secondary N) is 1. The Morgan fingerprint density at radius 2 is 2.00 bits per heavy atom. The molecule has 0 spiro atoms. The van der Waals surface area contributed by atoms with Crippen molar-refractivity contribution in [3.8, 4) is 0 Å². The van der Waals surface area contributed by atoms with Crippen molar-refractivity contribution in [1.82, 2.24) is 5.32 Å². The SMILES string of the molecule is Nc1cccc(CCCNC2CCCCC2)c1. The fraction of sp³-hybridized carbons (Fsp3) is 0.600. The van der Waals surface area contributed by atoms with E-state index in [0.29, 0.717) is 0 Å². The van der Waals surface area contributed by atoms with Crippen molar-refractivity contribution in [3.05, 3.63) is 29.8 Å². The number of hydrogen-bond acceptors (Lipinski definition) is 2. The van der Waals surface area contributed by atoms with Crippen LogP contribution in [0.3, 0.4) is 0 Å². The molecule has 2 heteroatoms. The molecule has 0 amide bonds. The van der Waals surface area contributed by atoms with Gasteiger partial charge >= 0.3 is 0 Å². The van der Waals surface area contributed by atoms with Gasteiger partial charge in [-0.1, -0.05) is 31.4 Å². The van der Waals surface area contributed by atoms with Gasteiger partial charge in [-0.25, -0.2) is 0 Å². The molecule has 94 valence electrons. The van der Waals surface area contributed by atoms with E-state index < -0.39 is 0 Å². The number of aryl methyl sites for hydroxylation is 1. The number of nitrogen functional groups attached to an aromatic ring is 1. The highest BCUT2D eigenvalue weighted by molar-refractivity contribution is 5.40. The summed E-state index contributed by atoms with van der Waals surface area (Å²) in [5, 5.41) is 3.68. The van der Waals surface area contributed by atoms with Crippen LogP contribution in [0.5, 0.6) is 0 Å². The van der Waals surface area contributed by atoms with Gasteiger partial charge in [0.15, 0.2) is 0 Å². The highest BCUT2D eigenvalue weighted by Gasteiger charge is 2.11. The normalized spacial score (nSPS) is 17.2. The lowest BCUT2D eigenvalue weighted by atomic mass is 9.95. The van der Waals surface area contributed by atoms with E-state index in [4.69, 9.17) is 5.73 Å². The van der Waals surface area contributed by atoms with E-state index in [1.54, 1.807) is 0 Å². The summed E-state index contributed by atoms with van der Waals surface area (Å²) in [6.45, 7) is 1.14. The van der Waals surface area contributed by atoms with Crippen molar-refractivity contribution < 1.29 is 0 Å². The average Bonchev–Trinajstić information content (AvgIpc) is 2.36. The molecule has 3 N–H and O–H groups in total. The summed E-state index contributed by atoms with van der Waals surface area (Å²) in [6, 6.07) is 9.02. The minimum atomic E-state index is 0.782. The Bertz CT molecular complexity index is 329. The van der Waals surface area contributed by atoms with E-state index in [2.05, 4.69) is 17.4 Å². The summed E-state index contributed by atoms with van der Waals surface area (Å²) in [5.41, 5.74) is 8.00. The van der Waals surface area contributed by atoms with Crippen LogP contribution in [-0.4, -0.2) is 12.6 Å². The molecule has 0 bridgehead atoms. The highest BCUT2D eigenvalue weighted by atomic mass is 14.9. The maximum atomic E-state index is 5.76. The van der Waals surface area contributed by atoms with E-state index in [-0.39, 0.29) is 0 Å². The largest absolute Gasteiger partial charge is 0.399 e. The smallest absolute Gasteiger partial charge is 0.0316 e. The molecule has 0 aromatic heterocycles. The Morgan fingerprint density at radius 3 is 2.76 bits per heavy atom. The Balaban J connectivity index is 1.62. The molecule has 0 radical (unpaired) electrons. The second-order valence-electron chi connectivity index (χ2n) is 5.14. The Kier molecular flexibility index (Phi) is 4.87. The lowest BCUT2D eigenvalue weighted by Crippen LogP contribution is -2.31. The van der Waals surface area contributed by atoms with E-state index in [1.165, 1.54) is 44.1 Å². The second kappa shape index (κ2) is 6.65. The number of rotatable bonds is 5. The summed E-state index contributed by atoms with van der Waals surface area (Å²) >= 11 is 0. The van der Waals surface area contributed by atoms with Gasteiger partial charge in [0.25, 0.3) is 0 Å². The summed E-state index contributed by atoms with van der Waals surface area (Å²) in [6.07, 6.45) is 9.34. The van der Waals surface area contributed by atoms with Crippen molar-refractivity contribution in [2.45, 2.75) is 51.0 Å². The predicted molar refractivity (Wildman–Crippen MR) is 74.1 cm³/mol. The van der Waals surface area contributed by atoms with E-state index >= 15 is 0 Å². The minimum absolute atomic E-state index is 0.782. The summed E-state index contributed by atoms with van der Waals surface area (Å²) in [4.78, 5) is 0. The van der Waals surface area contributed by atoms with Crippen LogP contribution in [0.1, 0.15) is 44.1 Å². The van der Waals surface area contributed by atoms with Crippen molar-refractivity contribution in [1.29, 1.82) is 0 Å². The van der Waals surface area contributed by atoms with Crippen LogP contribution in [0.4, 0.5) is 5.69 Å². The first kappa shape index (κ1) is 12.4. The van der Waals surface area contributed by atoms with Gasteiger partial charge in [-0.15, -0.1) is 0 Å². The molecule has 1 aliphatic rings. The molecule has 0 aliphatic heterocycles. The third-order valence-corrected chi connectivity index (χ3v) is 3.63. The monoisotopic (exact) mass is 232 g/mol. The van der Waals surface area contributed by atoms with Gasteiger partial charge < -0.3 is 11.1 Å². The van der Waals surface area contributed by atoms with Crippen molar-refractivity contribution in [2.24, 2.45) is 0 Å². The molecule has 1 aromatic rings. The van der Waals surface area contributed by atoms with E-state index in [0.717, 1.165) is 24.7 Å². The predicted octanol–water partition coefficient (Wildman–Crippen LogP) is 3.12. The van der Waals surface area contributed by atoms with Crippen LogP contribution < -0.4 is 11.1 Å². The van der Waals surface area contributed by atoms with Crippen LogP contribution in [0.15, 0.2) is 24.3 Å². The zero-order valence-corrected chi connectivity index (χ0v) is 10.6. The lowest BCUT2D eigenvalue weighted by Gasteiger charge is -2.22. The van der Waals surface area contributed by atoms with Gasteiger partial charge in [0, 0.05) is 11.7 Å². The molecular formula is C15H24N2. The maximum absolute atomic E-state index is 5.76. The van der Waals surface area contributed by atoms with Gasteiger partial charge in [-0.3, -0.25) is 0 Å². The zero-order valence-electron chi connectivity index (χ0n) is 10.6. The van der Waals surface area contributed by atoms with Crippen LogP contribution in [0.25, 0.3) is 0 Å². The first-order valence-corrected chi connectivity index (χ1v) is 6.92. The lowest BCUT2D eigenvalue weighted by molar-refractivity contribution is 0.372. The highest BCUT2D eigenvalue weighted by Crippen LogP contribution is 2.17. The van der Waals surface area contributed by atoms with Gasteiger partial charge in [0.2, 0.25) is 0 Å². The van der Waals surface area contributed by atoms with Crippen LogP contribution in [0, 0.1) is 0 Å². The Labute approximate surface area is 105 Å². The molecule has 0 heterocycles. The summed E-state index contributed by atoms with van der Waals surface area (Å²) in [7, 11) is 0. The third-order valence-electron chi connectivity index (χ3n) is 3.63. The Morgan fingerprint density at radius 1 is 1.18 bits per heavy atom. The number of anilines is 1. The van der Waals surface area contributed by atoms with Crippen molar-refractivity contribution in [2.75, 3.05) is 12.3 Å². The molecule has 2 rings (SSSR count). The molecule has 2 nitrogen and oxygen atoms in total. The zero-order chi connectivity index (χ0) is 11.9. The van der Waals surface area contributed by atoms with E-state index in [1.807, 2.05) is 12.1 Å². The summed E-state index contributed by atoms with van der Waals surface area (Å²) in [5.74, 6) is 0. The minimum Gasteiger partial charge on any atom is -0.399 e. The third kappa shape index (κ3) is 4.39. The van der Waals surface area contributed by atoms with Crippen LogP contribution in [-0.2, 0) is 6.42 Å². The number of nitrogens with two attached hydrogens (primary N) is 1. The van der Waals surface area contributed by atoms with Crippen LogP contribution >= 0.6 is 0 Å². The first-order valence-electron chi connectivity index (χ1n) is 6.92. The van der Waals surface area contributed by atoms with Gasteiger partial charge in [-0.2, -0.15) is 0 Å². The Hall–Kier alpha value is -1.02. The van der Waals surface area contributed by atoms with Crippen molar-refractivity contribution >= 4 is 5.69 Å². The van der Waals surface area contributed by atoms with Crippen molar-refractivity contribution in [3.63, 3.8) is 0 Å². The number of hydrogen-bond donors (Lipinski definition) is 2. The summed E-state index contributed by atoms with van der Waals surface area (Å²) < 4.78 is 0. The fourth-order valence-electron chi connectivity index (χ4n) is 2.65. The van der Waals surface area contributed by atoms with Gasteiger partial charge in [-0.05, 0) is 49.9 Å². The topological polar surface area (TPSA) is 38.0 Å². The van der Waals surface area contributed by atoms with E-state index in [9.17, 15) is 0 Å².